The van der Waals surface area contributed by atoms with E-state index < -0.39 is 0 Å². The van der Waals surface area contributed by atoms with Gasteiger partial charge in [-0.15, -0.1) is 11.3 Å². The highest BCUT2D eigenvalue weighted by Crippen LogP contribution is 2.33. The van der Waals surface area contributed by atoms with Crippen LogP contribution in [0, 0.1) is 0 Å². The van der Waals surface area contributed by atoms with Crippen LogP contribution in [0.15, 0.2) is 52.8 Å². The summed E-state index contributed by atoms with van der Waals surface area (Å²) in [6, 6.07) is 12.7. The number of hydrogen-bond donors (Lipinski definition) is 0. The second kappa shape index (κ2) is 8.20. The number of benzene rings is 2. The Hall–Kier alpha value is -3.10. The first-order valence-electron chi connectivity index (χ1n) is 10.3. The van der Waals surface area contributed by atoms with Gasteiger partial charge >= 0.3 is 0 Å². The SMILES string of the molecule is COCCn1c(C2CCCN2C(=O)c2ccc3ncsc3c2)nc2ccccc2c1=O. The molecule has 5 rings (SSSR count). The van der Waals surface area contributed by atoms with Gasteiger partial charge in [0.2, 0.25) is 0 Å². The molecule has 3 heterocycles. The van der Waals surface area contributed by atoms with Gasteiger partial charge in [-0.05, 0) is 43.2 Å². The molecule has 8 heteroatoms. The Morgan fingerprint density at radius 1 is 1.23 bits per heavy atom. The maximum absolute atomic E-state index is 13.4. The Balaban J connectivity index is 1.57. The molecule has 0 N–H and O–H groups in total. The summed E-state index contributed by atoms with van der Waals surface area (Å²) >= 11 is 1.52. The quantitative estimate of drug-likeness (QED) is 0.479. The number of nitrogens with zero attached hydrogens (tertiary/aromatic N) is 4. The summed E-state index contributed by atoms with van der Waals surface area (Å²) in [5, 5.41) is 0.578. The molecule has 1 aliphatic rings. The van der Waals surface area contributed by atoms with E-state index in [4.69, 9.17) is 9.72 Å². The third-order valence-electron chi connectivity index (χ3n) is 5.80. The molecule has 4 aromatic rings. The highest BCUT2D eigenvalue weighted by molar-refractivity contribution is 7.16. The molecule has 1 atom stereocenters. The first-order valence-corrected chi connectivity index (χ1v) is 11.2. The molecule has 7 nitrogen and oxygen atoms in total. The monoisotopic (exact) mass is 434 g/mol. The van der Waals surface area contributed by atoms with Crippen molar-refractivity contribution >= 4 is 38.4 Å². The molecule has 1 aliphatic heterocycles. The van der Waals surface area contributed by atoms with E-state index >= 15 is 0 Å². The number of rotatable bonds is 5. The number of amides is 1. The first kappa shape index (κ1) is 19.8. The number of thiazole rings is 1. The molecule has 0 spiro atoms. The lowest BCUT2D eigenvalue weighted by Crippen LogP contribution is -2.36. The Morgan fingerprint density at radius 3 is 2.97 bits per heavy atom. The van der Waals surface area contributed by atoms with Gasteiger partial charge in [0.05, 0.1) is 45.8 Å². The van der Waals surface area contributed by atoms with Crippen LogP contribution in [0.4, 0.5) is 0 Å². The van der Waals surface area contributed by atoms with Crippen molar-refractivity contribution in [3.05, 3.63) is 69.7 Å². The predicted molar refractivity (Wildman–Crippen MR) is 121 cm³/mol. The molecular weight excluding hydrogens is 412 g/mol. The second-order valence-corrected chi connectivity index (χ2v) is 8.51. The van der Waals surface area contributed by atoms with Crippen LogP contribution in [0.25, 0.3) is 21.1 Å². The summed E-state index contributed by atoms with van der Waals surface area (Å²) in [7, 11) is 1.61. The highest BCUT2D eigenvalue weighted by atomic mass is 32.1. The number of carbonyl (C=O) groups excluding carboxylic acids is 1. The van der Waals surface area contributed by atoms with E-state index in [-0.39, 0.29) is 17.5 Å². The fraction of sp³-hybridized carbons (Fsp3) is 0.304. The highest BCUT2D eigenvalue weighted by Gasteiger charge is 2.34. The van der Waals surface area contributed by atoms with E-state index in [9.17, 15) is 9.59 Å². The van der Waals surface area contributed by atoms with Gasteiger partial charge in [-0.25, -0.2) is 9.97 Å². The summed E-state index contributed by atoms with van der Waals surface area (Å²) in [6.45, 7) is 1.43. The van der Waals surface area contributed by atoms with Gasteiger partial charge in [-0.1, -0.05) is 12.1 Å². The first-order chi connectivity index (χ1) is 15.2. The van der Waals surface area contributed by atoms with Gasteiger partial charge in [-0.3, -0.25) is 14.2 Å². The number of likely N-dealkylation sites (tertiary alicyclic amines) is 1. The van der Waals surface area contributed by atoms with Crippen molar-refractivity contribution < 1.29 is 9.53 Å². The van der Waals surface area contributed by atoms with Gasteiger partial charge in [0.25, 0.3) is 11.5 Å². The van der Waals surface area contributed by atoms with Gasteiger partial charge in [0.1, 0.15) is 5.82 Å². The molecule has 1 saturated heterocycles. The second-order valence-electron chi connectivity index (χ2n) is 7.63. The van der Waals surface area contributed by atoms with Crippen molar-refractivity contribution in [2.45, 2.75) is 25.4 Å². The lowest BCUT2D eigenvalue weighted by molar-refractivity contribution is 0.0725. The van der Waals surface area contributed by atoms with E-state index in [0.29, 0.717) is 42.0 Å². The number of aromatic nitrogens is 3. The van der Waals surface area contributed by atoms with Crippen LogP contribution in [0.3, 0.4) is 0 Å². The number of fused-ring (bicyclic) bond motifs is 2. The molecule has 0 saturated carbocycles. The summed E-state index contributed by atoms with van der Waals surface area (Å²) in [5.74, 6) is 0.587. The average molecular weight is 435 g/mol. The Kier molecular flexibility index (Phi) is 5.25. The maximum atomic E-state index is 13.4. The Morgan fingerprint density at radius 2 is 2.10 bits per heavy atom. The molecule has 0 radical (unpaired) electrons. The Bertz CT molecular complexity index is 1330. The van der Waals surface area contributed by atoms with Crippen LogP contribution < -0.4 is 5.56 Å². The molecule has 1 fully saturated rings. The summed E-state index contributed by atoms with van der Waals surface area (Å²) < 4.78 is 7.90. The Labute approximate surface area is 182 Å². The molecule has 0 aliphatic carbocycles. The summed E-state index contributed by atoms with van der Waals surface area (Å²) in [5.41, 5.74) is 3.87. The minimum Gasteiger partial charge on any atom is -0.383 e. The van der Waals surface area contributed by atoms with Gasteiger partial charge in [0, 0.05) is 19.2 Å². The summed E-state index contributed by atoms with van der Waals surface area (Å²) in [6.07, 6.45) is 1.64. The third kappa shape index (κ3) is 3.51. The standard InChI is InChI=1S/C23H22N4O3S/c1-30-12-11-27-21(25-17-6-3-2-5-16(17)23(27)29)19-7-4-10-26(19)22(28)15-8-9-18-20(13-15)31-14-24-18/h2-3,5-6,8-9,13-14,19H,4,7,10-12H2,1H3. The lowest BCUT2D eigenvalue weighted by atomic mass is 10.1. The summed E-state index contributed by atoms with van der Waals surface area (Å²) in [4.78, 5) is 37.7. The molecule has 1 amide bonds. The molecule has 31 heavy (non-hydrogen) atoms. The van der Waals surface area contributed by atoms with Crippen LogP contribution in [0.2, 0.25) is 0 Å². The van der Waals surface area contributed by atoms with Crippen LogP contribution in [0.5, 0.6) is 0 Å². The van der Waals surface area contributed by atoms with Crippen LogP contribution >= 0.6 is 11.3 Å². The van der Waals surface area contributed by atoms with Crippen molar-refractivity contribution in [2.24, 2.45) is 0 Å². The van der Waals surface area contributed by atoms with E-state index in [2.05, 4.69) is 4.98 Å². The van der Waals surface area contributed by atoms with E-state index in [1.54, 1.807) is 23.3 Å². The van der Waals surface area contributed by atoms with Crippen molar-refractivity contribution in [1.82, 2.24) is 19.4 Å². The van der Waals surface area contributed by atoms with Crippen molar-refractivity contribution in [1.29, 1.82) is 0 Å². The lowest BCUT2D eigenvalue weighted by Gasteiger charge is -2.27. The molecule has 1 unspecified atom stereocenters. The number of ether oxygens (including phenoxy) is 1. The molecule has 2 aromatic carbocycles. The zero-order valence-corrected chi connectivity index (χ0v) is 18.0. The molecule has 0 bridgehead atoms. The van der Waals surface area contributed by atoms with Gasteiger partial charge in [-0.2, -0.15) is 0 Å². The van der Waals surface area contributed by atoms with Crippen LogP contribution in [-0.4, -0.2) is 45.6 Å². The van der Waals surface area contributed by atoms with E-state index in [0.717, 1.165) is 23.1 Å². The number of methoxy groups -OCH3 is 1. The predicted octanol–water partition coefficient (Wildman–Crippen LogP) is 3.63. The molecule has 158 valence electrons. The minimum atomic E-state index is -0.251. The fourth-order valence-corrected chi connectivity index (χ4v) is 4.99. The van der Waals surface area contributed by atoms with E-state index in [1.807, 2.05) is 41.3 Å². The van der Waals surface area contributed by atoms with Crippen molar-refractivity contribution in [2.75, 3.05) is 20.3 Å². The normalized spacial score (nSPS) is 16.4. The number of carbonyl (C=O) groups is 1. The van der Waals surface area contributed by atoms with Crippen molar-refractivity contribution in [3.63, 3.8) is 0 Å². The largest absolute Gasteiger partial charge is 0.383 e. The van der Waals surface area contributed by atoms with Crippen molar-refractivity contribution in [3.8, 4) is 0 Å². The topological polar surface area (TPSA) is 77.3 Å². The minimum absolute atomic E-state index is 0.0431. The molecule has 2 aromatic heterocycles. The fourth-order valence-electron chi connectivity index (χ4n) is 4.27. The van der Waals surface area contributed by atoms with Crippen LogP contribution in [-0.2, 0) is 11.3 Å². The molecular formula is C23H22N4O3S. The maximum Gasteiger partial charge on any atom is 0.261 e. The van der Waals surface area contributed by atoms with Gasteiger partial charge < -0.3 is 9.64 Å². The zero-order valence-electron chi connectivity index (χ0n) is 17.2. The number of hydrogen-bond acceptors (Lipinski definition) is 6. The number of para-hydroxylation sites is 1. The third-order valence-corrected chi connectivity index (χ3v) is 6.59. The smallest absolute Gasteiger partial charge is 0.261 e. The van der Waals surface area contributed by atoms with Gasteiger partial charge in [0.15, 0.2) is 0 Å². The zero-order chi connectivity index (χ0) is 21.4. The van der Waals surface area contributed by atoms with Crippen LogP contribution in [0.1, 0.15) is 35.1 Å². The van der Waals surface area contributed by atoms with E-state index in [1.165, 1.54) is 11.3 Å². The average Bonchev–Trinajstić information content (AvgIpc) is 3.47.